The van der Waals surface area contributed by atoms with Crippen molar-refractivity contribution in [3.05, 3.63) is 0 Å². The van der Waals surface area contributed by atoms with Crippen molar-refractivity contribution in [2.45, 2.75) is 85.7 Å². The van der Waals surface area contributed by atoms with Crippen molar-refractivity contribution in [3.8, 4) is 0 Å². The van der Waals surface area contributed by atoms with E-state index in [0.717, 1.165) is 0 Å². The number of aliphatic carboxylic acids is 3. The Bertz CT molecular complexity index is 533. The molecule has 0 heterocycles. The summed E-state index contributed by atoms with van der Waals surface area (Å²) in [5.74, 6) is -6.99. The molecule has 164 valence electrons. The number of hydrogen-bond acceptors (Lipinski definition) is 4. The zero-order chi connectivity index (χ0) is 22.3. The van der Waals surface area contributed by atoms with Crippen LogP contribution in [0.4, 0.5) is 0 Å². The smallest absolute Gasteiger partial charge is 0.337 e. The van der Waals surface area contributed by atoms with Gasteiger partial charge in [-0.1, -0.05) is 60.8 Å². The molecular formula is C21H38O7. The van der Waals surface area contributed by atoms with Gasteiger partial charge in [-0.05, 0) is 37.0 Å². The molecule has 0 spiro atoms. The molecule has 4 N–H and O–H groups in total. The maximum absolute atomic E-state index is 12.5. The van der Waals surface area contributed by atoms with Gasteiger partial charge in [-0.15, -0.1) is 0 Å². The molecule has 0 aromatic heterocycles. The third kappa shape index (κ3) is 5.46. The van der Waals surface area contributed by atoms with Crippen LogP contribution in [0.25, 0.3) is 0 Å². The third-order valence-corrected chi connectivity index (χ3v) is 6.39. The van der Waals surface area contributed by atoms with E-state index in [1.54, 1.807) is 20.8 Å². The molecule has 7 heteroatoms. The summed E-state index contributed by atoms with van der Waals surface area (Å²) in [6, 6.07) is 0. The van der Waals surface area contributed by atoms with Crippen molar-refractivity contribution >= 4 is 17.9 Å². The van der Waals surface area contributed by atoms with Gasteiger partial charge in [0, 0.05) is 0 Å². The molecule has 5 unspecified atom stereocenters. The van der Waals surface area contributed by atoms with Crippen LogP contribution in [0.5, 0.6) is 0 Å². The highest BCUT2D eigenvalue weighted by atomic mass is 16.4. The molecule has 0 aliphatic rings. The van der Waals surface area contributed by atoms with Crippen molar-refractivity contribution in [2.24, 2.45) is 29.1 Å². The predicted molar refractivity (Wildman–Crippen MR) is 106 cm³/mol. The van der Waals surface area contributed by atoms with Crippen molar-refractivity contribution in [1.29, 1.82) is 0 Å². The van der Waals surface area contributed by atoms with Crippen molar-refractivity contribution in [3.63, 3.8) is 0 Å². The average Bonchev–Trinajstić information content (AvgIpc) is 2.63. The highest BCUT2D eigenvalue weighted by Gasteiger charge is 2.66. The first-order valence-electron chi connectivity index (χ1n) is 10.3. The minimum atomic E-state index is -2.92. The summed E-state index contributed by atoms with van der Waals surface area (Å²) in [5.41, 5.74) is -5.01. The van der Waals surface area contributed by atoms with Gasteiger partial charge in [0.25, 0.3) is 0 Å². The van der Waals surface area contributed by atoms with Gasteiger partial charge in [-0.3, -0.25) is 9.59 Å². The summed E-state index contributed by atoms with van der Waals surface area (Å²) >= 11 is 0. The molecule has 28 heavy (non-hydrogen) atoms. The Morgan fingerprint density at radius 3 is 1.39 bits per heavy atom. The zero-order valence-electron chi connectivity index (χ0n) is 18.1. The lowest BCUT2D eigenvalue weighted by Crippen LogP contribution is -2.65. The predicted octanol–water partition coefficient (Wildman–Crippen LogP) is 3.88. The summed E-state index contributed by atoms with van der Waals surface area (Å²) < 4.78 is 0. The van der Waals surface area contributed by atoms with E-state index in [4.69, 9.17) is 0 Å². The lowest BCUT2D eigenvalue weighted by Gasteiger charge is -2.47. The van der Waals surface area contributed by atoms with Crippen molar-refractivity contribution in [2.75, 3.05) is 0 Å². The van der Waals surface area contributed by atoms with Gasteiger partial charge in [-0.2, -0.15) is 0 Å². The largest absolute Gasteiger partial charge is 0.481 e. The third-order valence-electron chi connectivity index (χ3n) is 6.39. The minimum absolute atomic E-state index is 0.101. The second-order valence-electron chi connectivity index (χ2n) is 8.53. The van der Waals surface area contributed by atoms with Crippen LogP contribution in [-0.2, 0) is 14.4 Å². The Labute approximate surface area is 168 Å². The Morgan fingerprint density at radius 2 is 1.14 bits per heavy atom. The Morgan fingerprint density at radius 1 is 0.750 bits per heavy atom. The molecule has 0 saturated heterocycles. The lowest BCUT2D eigenvalue weighted by molar-refractivity contribution is -0.211. The standard InChI is InChI=1S/C21H38O7/c1-7-13(4)10-16(17(22)23)21(28,19(26)27)20(18(24)25,11-14(5)8-2)12-15(6)9-3/h13-16,28H,7-12H2,1-6H3,(H,22,23)(H,24,25)(H,26,27). The van der Waals surface area contributed by atoms with E-state index in [0.29, 0.717) is 19.3 Å². The molecule has 0 fully saturated rings. The van der Waals surface area contributed by atoms with Crippen LogP contribution in [-0.4, -0.2) is 43.9 Å². The van der Waals surface area contributed by atoms with Gasteiger partial charge in [-0.25, -0.2) is 4.79 Å². The van der Waals surface area contributed by atoms with Crippen LogP contribution in [0, 0.1) is 29.1 Å². The average molecular weight is 403 g/mol. The number of carboxylic acid groups (broad SMARTS) is 3. The van der Waals surface area contributed by atoms with Gasteiger partial charge in [0.1, 0.15) is 5.41 Å². The van der Waals surface area contributed by atoms with E-state index in [9.17, 15) is 34.8 Å². The second kappa shape index (κ2) is 10.8. The molecule has 7 nitrogen and oxygen atoms in total. The molecule has 0 aromatic carbocycles. The molecule has 0 rings (SSSR count). The summed E-state index contributed by atoms with van der Waals surface area (Å²) in [7, 11) is 0. The quantitative estimate of drug-likeness (QED) is 0.346. The van der Waals surface area contributed by atoms with E-state index in [-0.39, 0.29) is 37.0 Å². The van der Waals surface area contributed by atoms with Gasteiger partial charge in [0.15, 0.2) is 5.60 Å². The summed E-state index contributed by atoms with van der Waals surface area (Å²) in [6.45, 7) is 10.9. The summed E-state index contributed by atoms with van der Waals surface area (Å²) in [6.07, 6.45) is 1.47. The van der Waals surface area contributed by atoms with E-state index in [1.807, 2.05) is 20.8 Å². The van der Waals surface area contributed by atoms with Gasteiger partial charge in [0.2, 0.25) is 0 Å². The van der Waals surface area contributed by atoms with Crippen molar-refractivity contribution < 1.29 is 34.8 Å². The first-order valence-corrected chi connectivity index (χ1v) is 10.3. The molecule has 0 radical (unpaired) electrons. The maximum atomic E-state index is 12.5. The fourth-order valence-corrected chi connectivity index (χ4v) is 3.92. The minimum Gasteiger partial charge on any atom is -0.481 e. The van der Waals surface area contributed by atoms with E-state index < -0.39 is 34.8 Å². The highest BCUT2D eigenvalue weighted by Crippen LogP contribution is 2.50. The molecule has 0 bridgehead atoms. The first kappa shape index (κ1) is 26.4. The molecular weight excluding hydrogens is 364 g/mol. The van der Waals surface area contributed by atoms with Crippen molar-refractivity contribution in [1.82, 2.24) is 0 Å². The molecule has 0 aliphatic carbocycles. The maximum Gasteiger partial charge on any atom is 0.337 e. The molecule has 0 aliphatic heterocycles. The first-order chi connectivity index (χ1) is 12.8. The van der Waals surface area contributed by atoms with Gasteiger partial charge < -0.3 is 20.4 Å². The molecule has 5 atom stereocenters. The Kier molecular flexibility index (Phi) is 10.2. The summed E-state index contributed by atoms with van der Waals surface area (Å²) in [4.78, 5) is 37.0. The van der Waals surface area contributed by atoms with Crippen LogP contribution in [0.1, 0.15) is 80.1 Å². The van der Waals surface area contributed by atoms with E-state index in [2.05, 4.69) is 0 Å². The fourth-order valence-electron chi connectivity index (χ4n) is 3.92. The number of carboxylic acids is 3. The Balaban J connectivity index is 6.80. The highest BCUT2D eigenvalue weighted by molar-refractivity contribution is 5.93. The van der Waals surface area contributed by atoms with Crippen LogP contribution in [0.2, 0.25) is 0 Å². The second-order valence-corrected chi connectivity index (χ2v) is 8.53. The molecule has 0 saturated carbocycles. The van der Waals surface area contributed by atoms with E-state index >= 15 is 0 Å². The molecule has 0 aromatic rings. The van der Waals surface area contributed by atoms with E-state index in [1.165, 1.54) is 0 Å². The van der Waals surface area contributed by atoms with Crippen LogP contribution in [0.15, 0.2) is 0 Å². The number of hydrogen-bond donors (Lipinski definition) is 4. The fraction of sp³-hybridized carbons (Fsp3) is 0.857. The number of carbonyl (C=O) groups is 3. The number of rotatable bonds is 14. The van der Waals surface area contributed by atoms with Crippen LogP contribution in [0.3, 0.4) is 0 Å². The van der Waals surface area contributed by atoms with Gasteiger partial charge >= 0.3 is 17.9 Å². The molecule has 0 amide bonds. The van der Waals surface area contributed by atoms with Gasteiger partial charge in [0.05, 0.1) is 5.92 Å². The lowest BCUT2D eigenvalue weighted by atomic mass is 9.57. The summed E-state index contributed by atoms with van der Waals surface area (Å²) in [5, 5.41) is 41.5. The topological polar surface area (TPSA) is 132 Å². The zero-order valence-corrected chi connectivity index (χ0v) is 18.1. The van der Waals surface area contributed by atoms with Crippen LogP contribution < -0.4 is 0 Å². The normalized spacial score (nSPS) is 20.2. The van der Waals surface area contributed by atoms with Crippen LogP contribution >= 0.6 is 0 Å². The number of aliphatic hydroxyl groups is 1. The SMILES string of the molecule is CCC(C)CC(C(=O)O)C(O)(C(=O)O)C(CC(C)CC)(CC(C)CC)C(=O)O. The monoisotopic (exact) mass is 402 g/mol. The Hall–Kier alpha value is -1.63.